The van der Waals surface area contributed by atoms with Crippen LogP contribution >= 0.6 is 0 Å². The van der Waals surface area contributed by atoms with Gasteiger partial charge in [0.15, 0.2) is 12.1 Å². The number of nitrogens with two attached hydrogens (primary N) is 1. The molecular weight excluding hydrogens is 188 g/mol. The van der Waals surface area contributed by atoms with Gasteiger partial charge in [0.05, 0.1) is 17.7 Å². The Morgan fingerprint density at radius 2 is 2.14 bits per heavy atom. The number of hydrogen-bond donors (Lipinski definition) is 1. The second-order valence-electron chi connectivity index (χ2n) is 2.45. The van der Waals surface area contributed by atoms with E-state index < -0.39 is 17.2 Å². The highest BCUT2D eigenvalue weighted by Gasteiger charge is 2.10. The first-order chi connectivity index (χ1) is 6.70. The van der Waals surface area contributed by atoms with Crippen molar-refractivity contribution in [2.24, 2.45) is 5.73 Å². The minimum atomic E-state index is -0.944. The van der Waals surface area contributed by atoms with Crippen LogP contribution in [0.25, 0.3) is 0 Å². The van der Waals surface area contributed by atoms with Crippen LogP contribution in [0.5, 0.6) is 0 Å². The van der Waals surface area contributed by atoms with Gasteiger partial charge < -0.3 is 5.73 Å². The molecule has 0 unspecified atom stereocenters. The summed E-state index contributed by atoms with van der Waals surface area (Å²) < 4.78 is 26.1. The first-order valence-corrected chi connectivity index (χ1v) is 3.82. The van der Waals surface area contributed by atoms with E-state index in [0.29, 0.717) is 0 Å². The minimum absolute atomic E-state index is 0.0287. The molecule has 0 atom stereocenters. The summed E-state index contributed by atoms with van der Waals surface area (Å²) in [6.07, 6.45) is 0.123. The van der Waals surface area contributed by atoms with Crippen molar-refractivity contribution in [3.63, 3.8) is 0 Å². The van der Waals surface area contributed by atoms with Gasteiger partial charge in [0.1, 0.15) is 5.82 Å². The van der Waals surface area contributed by atoms with Crippen molar-refractivity contribution in [1.82, 2.24) is 0 Å². The number of benzene rings is 1. The molecule has 0 saturated carbocycles. The highest BCUT2D eigenvalue weighted by atomic mass is 19.1. The van der Waals surface area contributed by atoms with E-state index in [2.05, 4.69) is 11.8 Å². The third kappa shape index (κ3) is 1.95. The average Bonchev–Trinajstić information content (AvgIpc) is 2.18. The quantitative estimate of drug-likeness (QED) is 0.538. The molecule has 0 fully saturated rings. The van der Waals surface area contributed by atoms with Crippen LogP contribution in [-0.4, -0.2) is 12.8 Å². The summed E-state index contributed by atoms with van der Waals surface area (Å²) in [5, 5.41) is 0. The number of rotatable bonds is 1. The van der Waals surface area contributed by atoms with Crippen LogP contribution in [0.2, 0.25) is 0 Å². The summed E-state index contributed by atoms with van der Waals surface area (Å²) in [5.74, 6) is 2.98. The molecule has 0 saturated heterocycles. The molecule has 1 aromatic carbocycles. The summed E-state index contributed by atoms with van der Waals surface area (Å²) in [4.78, 5) is 10.3. The molecule has 0 amide bonds. The molecule has 2 nitrogen and oxygen atoms in total. The molecule has 0 radical (unpaired) electrons. The highest BCUT2D eigenvalue weighted by Crippen LogP contribution is 2.13. The summed E-state index contributed by atoms with van der Waals surface area (Å²) in [5.41, 5.74) is 4.46. The van der Waals surface area contributed by atoms with Crippen molar-refractivity contribution < 1.29 is 13.6 Å². The molecule has 0 aliphatic rings. The minimum Gasteiger partial charge on any atom is -0.320 e. The fourth-order valence-electron chi connectivity index (χ4n) is 0.920. The van der Waals surface area contributed by atoms with Crippen LogP contribution < -0.4 is 5.73 Å². The van der Waals surface area contributed by atoms with Crippen LogP contribution in [0, 0.1) is 23.5 Å². The smallest absolute Gasteiger partial charge is 0.156 e. The molecule has 0 heterocycles. The van der Waals surface area contributed by atoms with Gasteiger partial charge in [-0.2, -0.15) is 0 Å². The number of halogens is 2. The third-order valence-electron chi connectivity index (χ3n) is 1.57. The zero-order chi connectivity index (χ0) is 10.6. The maximum Gasteiger partial charge on any atom is 0.156 e. The summed E-state index contributed by atoms with van der Waals surface area (Å²) in [6.45, 7) is 0.0766. The number of carbonyl (C=O) groups excluding carboxylic acids is 1. The Labute approximate surface area is 79.7 Å². The monoisotopic (exact) mass is 195 g/mol. The standard InChI is InChI=1S/C10H7F2NO/c11-9-4-3-7(2-1-5-13)10(12)8(9)6-14/h3-4,6H,5,13H2. The number of aldehydes is 1. The van der Waals surface area contributed by atoms with Crippen LogP contribution in [0.3, 0.4) is 0 Å². The second kappa shape index (κ2) is 4.49. The fourth-order valence-corrected chi connectivity index (χ4v) is 0.920. The average molecular weight is 195 g/mol. The highest BCUT2D eigenvalue weighted by molar-refractivity contribution is 5.76. The molecule has 1 rings (SSSR count). The second-order valence-corrected chi connectivity index (χ2v) is 2.45. The van der Waals surface area contributed by atoms with Crippen LogP contribution in [-0.2, 0) is 0 Å². The molecule has 72 valence electrons. The van der Waals surface area contributed by atoms with Gasteiger partial charge in [-0.3, -0.25) is 4.79 Å². The lowest BCUT2D eigenvalue weighted by Crippen LogP contribution is -1.98. The van der Waals surface area contributed by atoms with Gasteiger partial charge in [-0.1, -0.05) is 11.8 Å². The Kier molecular flexibility index (Phi) is 3.32. The summed E-state index contributed by atoms with van der Waals surface area (Å²) in [7, 11) is 0. The van der Waals surface area contributed by atoms with E-state index in [4.69, 9.17) is 5.73 Å². The summed E-state index contributed by atoms with van der Waals surface area (Å²) >= 11 is 0. The van der Waals surface area contributed by atoms with Gasteiger partial charge in [0.25, 0.3) is 0 Å². The molecule has 0 aliphatic carbocycles. The first kappa shape index (κ1) is 10.4. The van der Waals surface area contributed by atoms with Crippen molar-refractivity contribution in [3.05, 3.63) is 34.9 Å². The van der Waals surface area contributed by atoms with Crippen molar-refractivity contribution in [2.75, 3.05) is 6.54 Å². The van der Waals surface area contributed by atoms with Crippen LogP contribution in [0.1, 0.15) is 15.9 Å². The van der Waals surface area contributed by atoms with E-state index in [1.165, 1.54) is 6.07 Å². The van der Waals surface area contributed by atoms with Crippen LogP contribution in [0.4, 0.5) is 8.78 Å². The molecule has 2 N–H and O–H groups in total. The zero-order valence-corrected chi connectivity index (χ0v) is 7.18. The van der Waals surface area contributed by atoms with Crippen molar-refractivity contribution in [3.8, 4) is 11.8 Å². The van der Waals surface area contributed by atoms with Gasteiger partial charge >= 0.3 is 0 Å². The molecule has 1 aromatic rings. The normalized spacial score (nSPS) is 9.07. The topological polar surface area (TPSA) is 43.1 Å². The lowest BCUT2D eigenvalue weighted by atomic mass is 10.1. The Balaban J connectivity index is 3.28. The van der Waals surface area contributed by atoms with Crippen molar-refractivity contribution >= 4 is 6.29 Å². The molecule has 14 heavy (non-hydrogen) atoms. The zero-order valence-electron chi connectivity index (χ0n) is 7.18. The molecule has 0 bridgehead atoms. The Bertz CT molecular complexity index is 418. The predicted octanol–water partition coefficient (Wildman–Crippen LogP) is 1.09. The van der Waals surface area contributed by atoms with Gasteiger partial charge in [-0.25, -0.2) is 8.78 Å². The molecule has 0 aromatic heterocycles. The van der Waals surface area contributed by atoms with E-state index in [9.17, 15) is 13.6 Å². The number of hydrogen-bond acceptors (Lipinski definition) is 2. The number of carbonyl (C=O) groups is 1. The summed E-state index contributed by atoms with van der Waals surface area (Å²) in [6, 6.07) is 2.16. The van der Waals surface area contributed by atoms with Gasteiger partial charge in [0.2, 0.25) is 0 Å². The molecular formula is C10H7F2NO. The Morgan fingerprint density at radius 3 is 2.71 bits per heavy atom. The third-order valence-corrected chi connectivity index (χ3v) is 1.57. The van der Waals surface area contributed by atoms with Crippen LogP contribution in [0.15, 0.2) is 12.1 Å². The van der Waals surface area contributed by atoms with Crippen molar-refractivity contribution in [2.45, 2.75) is 0 Å². The molecule has 0 spiro atoms. The largest absolute Gasteiger partial charge is 0.320 e. The van der Waals surface area contributed by atoms with Gasteiger partial charge in [-0.05, 0) is 12.1 Å². The van der Waals surface area contributed by atoms with Crippen molar-refractivity contribution in [1.29, 1.82) is 0 Å². The Morgan fingerprint density at radius 1 is 1.43 bits per heavy atom. The fraction of sp³-hybridized carbons (Fsp3) is 0.100. The van der Waals surface area contributed by atoms with Gasteiger partial charge in [-0.15, -0.1) is 0 Å². The van der Waals surface area contributed by atoms with Gasteiger partial charge in [0, 0.05) is 0 Å². The van der Waals surface area contributed by atoms with E-state index in [1.807, 2.05) is 0 Å². The lowest BCUT2D eigenvalue weighted by Gasteiger charge is -1.98. The van der Waals surface area contributed by atoms with E-state index in [1.54, 1.807) is 0 Å². The first-order valence-electron chi connectivity index (χ1n) is 3.82. The predicted molar refractivity (Wildman–Crippen MR) is 47.7 cm³/mol. The van der Waals surface area contributed by atoms with E-state index in [-0.39, 0.29) is 18.4 Å². The lowest BCUT2D eigenvalue weighted by molar-refractivity contribution is 0.111. The van der Waals surface area contributed by atoms with E-state index >= 15 is 0 Å². The van der Waals surface area contributed by atoms with E-state index in [0.717, 1.165) is 6.07 Å². The molecule has 0 aliphatic heterocycles. The maximum absolute atomic E-state index is 13.2. The SMILES string of the molecule is NCC#Cc1ccc(F)c(C=O)c1F. The molecule has 4 heteroatoms. The Hall–Kier alpha value is -1.73. The maximum atomic E-state index is 13.2.